The first kappa shape index (κ1) is 21.2. The molecule has 30 heavy (non-hydrogen) atoms. The third kappa shape index (κ3) is 4.22. The molecule has 0 radical (unpaired) electrons. The number of ketones is 1. The molecule has 0 bridgehead atoms. The van der Waals surface area contributed by atoms with E-state index < -0.39 is 9.84 Å². The second kappa shape index (κ2) is 8.24. The van der Waals surface area contributed by atoms with Crippen LogP contribution in [0, 0.1) is 13.8 Å². The van der Waals surface area contributed by atoms with Crippen LogP contribution in [0.25, 0.3) is 5.69 Å². The minimum atomic E-state index is -2.99. The van der Waals surface area contributed by atoms with E-state index in [1.807, 2.05) is 59.5 Å². The number of benzene rings is 1. The number of nitrogens with zero attached hydrogens (tertiary/aromatic N) is 3. The molecule has 0 aliphatic carbocycles. The minimum Gasteiger partial charge on any atom is -0.344 e. The zero-order valence-electron chi connectivity index (χ0n) is 16.7. The normalized spacial score (nSPS) is 18.0. The second-order valence-corrected chi connectivity index (χ2v) is 11.1. The number of halogens is 1. The van der Waals surface area contributed by atoms with E-state index in [1.165, 1.54) is 11.8 Å². The van der Waals surface area contributed by atoms with Gasteiger partial charge in [-0.2, -0.15) is 0 Å². The molecular formula is C21H22ClN3O3S2. The van der Waals surface area contributed by atoms with Gasteiger partial charge < -0.3 is 4.57 Å². The number of thioether (sulfide) groups is 1. The number of carbonyl (C=O) groups excluding carboxylic acids is 1. The van der Waals surface area contributed by atoms with Gasteiger partial charge >= 0.3 is 0 Å². The first-order chi connectivity index (χ1) is 14.2. The number of sulfone groups is 1. The van der Waals surface area contributed by atoms with E-state index in [9.17, 15) is 13.2 Å². The molecule has 158 valence electrons. The Hall–Kier alpha value is -2.03. The van der Waals surface area contributed by atoms with Gasteiger partial charge in [-0.15, -0.1) is 0 Å². The Kier molecular flexibility index (Phi) is 5.83. The quantitative estimate of drug-likeness (QED) is 0.403. The maximum absolute atomic E-state index is 13.0. The molecule has 9 heteroatoms. The van der Waals surface area contributed by atoms with Gasteiger partial charge in [-0.05, 0) is 44.5 Å². The topological polar surface area (TPSA) is 74.0 Å². The SMILES string of the molecule is Cc1cc(C(=O)CSc2nccn2-c2cccc(Cl)c2)c(C)n1C1CCS(=O)(=O)C1. The summed E-state index contributed by atoms with van der Waals surface area (Å²) in [6.45, 7) is 3.82. The van der Waals surface area contributed by atoms with Crippen LogP contribution < -0.4 is 0 Å². The third-order valence-electron chi connectivity index (χ3n) is 5.38. The summed E-state index contributed by atoms with van der Waals surface area (Å²) >= 11 is 7.46. The highest BCUT2D eigenvalue weighted by molar-refractivity contribution is 7.99. The zero-order chi connectivity index (χ0) is 21.5. The van der Waals surface area contributed by atoms with Gasteiger partial charge in [0.1, 0.15) is 0 Å². The van der Waals surface area contributed by atoms with E-state index in [-0.39, 0.29) is 29.1 Å². The molecule has 1 saturated heterocycles. The van der Waals surface area contributed by atoms with Crippen molar-refractivity contribution >= 4 is 39.0 Å². The molecule has 6 nitrogen and oxygen atoms in total. The number of rotatable bonds is 6. The fourth-order valence-electron chi connectivity index (χ4n) is 4.03. The van der Waals surface area contributed by atoms with Crippen LogP contribution in [0.5, 0.6) is 0 Å². The van der Waals surface area contributed by atoms with Gasteiger partial charge in [-0.1, -0.05) is 29.4 Å². The lowest BCUT2D eigenvalue weighted by atomic mass is 10.2. The predicted molar refractivity (Wildman–Crippen MR) is 120 cm³/mol. The summed E-state index contributed by atoms with van der Waals surface area (Å²) in [5.41, 5.74) is 3.28. The Morgan fingerprint density at radius 3 is 2.80 bits per heavy atom. The molecule has 1 aliphatic rings. The van der Waals surface area contributed by atoms with Crippen molar-refractivity contribution in [2.75, 3.05) is 17.3 Å². The van der Waals surface area contributed by atoms with Gasteiger partial charge in [-0.3, -0.25) is 9.36 Å². The lowest BCUT2D eigenvalue weighted by molar-refractivity contribution is 0.102. The van der Waals surface area contributed by atoms with Crippen molar-refractivity contribution in [2.45, 2.75) is 31.5 Å². The van der Waals surface area contributed by atoms with Crippen LogP contribution in [-0.2, 0) is 9.84 Å². The van der Waals surface area contributed by atoms with Crippen LogP contribution in [0.1, 0.15) is 34.2 Å². The highest BCUT2D eigenvalue weighted by Gasteiger charge is 2.31. The fourth-order valence-corrected chi connectivity index (χ4v) is 6.77. The van der Waals surface area contributed by atoms with Crippen molar-refractivity contribution in [1.29, 1.82) is 0 Å². The first-order valence-electron chi connectivity index (χ1n) is 9.59. The molecule has 4 rings (SSSR count). The van der Waals surface area contributed by atoms with Crippen LogP contribution in [0.15, 0.2) is 47.9 Å². The van der Waals surface area contributed by atoms with E-state index >= 15 is 0 Å². The molecule has 3 aromatic rings. The molecule has 0 N–H and O–H groups in total. The lowest BCUT2D eigenvalue weighted by Gasteiger charge is -2.16. The smallest absolute Gasteiger partial charge is 0.175 e. The molecule has 1 unspecified atom stereocenters. The number of hydrogen-bond donors (Lipinski definition) is 0. The summed E-state index contributed by atoms with van der Waals surface area (Å²) < 4.78 is 27.7. The van der Waals surface area contributed by atoms with E-state index in [0.29, 0.717) is 22.2 Å². The van der Waals surface area contributed by atoms with Crippen molar-refractivity contribution in [3.63, 3.8) is 0 Å². The Labute approximate surface area is 185 Å². The number of hydrogen-bond acceptors (Lipinski definition) is 5. The van der Waals surface area contributed by atoms with E-state index in [2.05, 4.69) is 4.98 Å². The largest absolute Gasteiger partial charge is 0.344 e. The zero-order valence-corrected chi connectivity index (χ0v) is 19.1. The van der Waals surface area contributed by atoms with Crippen molar-refractivity contribution in [3.8, 4) is 5.69 Å². The number of carbonyl (C=O) groups is 1. The number of Topliss-reactive ketones (excluding diaryl/α,β-unsaturated/α-hetero) is 1. The molecule has 2 aromatic heterocycles. The van der Waals surface area contributed by atoms with Gasteiger partial charge in [0.15, 0.2) is 20.8 Å². The number of aromatic nitrogens is 3. The molecule has 0 amide bonds. The monoisotopic (exact) mass is 463 g/mol. The standard InChI is InChI=1S/C21H22ClN3O3S2/c1-14-10-19(15(2)25(14)18-6-9-30(27,28)13-18)20(26)12-29-21-23-7-8-24(21)17-5-3-4-16(22)11-17/h3-5,7-8,10-11,18H,6,9,12-13H2,1-2H3. The van der Waals surface area contributed by atoms with Crippen molar-refractivity contribution in [1.82, 2.24) is 14.1 Å². The molecule has 0 saturated carbocycles. The Morgan fingerprint density at radius 1 is 1.30 bits per heavy atom. The van der Waals surface area contributed by atoms with Gasteiger partial charge in [0.25, 0.3) is 0 Å². The van der Waals surface area contributed by atoms with Gasteiger partial charge in [-0.25, -0.2) is 13.4 Å². The summed E-state index contributed by atoms with van der Waals surface area (Å²) in [6.07, 6.45) is 4.13. The third-order valence-corrected chi connectivity index (χ3v) is 8.34. The summed E-state index contributed by atoms with van der Waals surface area (Å²) in [4.78, 5) is 17.3. The van der Waals surface area contributed by atoms with Crippen LogP contribution in [-0.4, -0.2) is 45.6 Å². The van der Waals surface area contributed by atoms with Crippen LogP contribution >= 0.6 is 23.4 Å². The van der Waals surface area contributed by atoms with Gasteiger partial charge in [0, 0.05) is 46.1 Å². The predicted octanol–water partition coefficient (Wildman–Crippen LogP) is 4.28. The summed E-state index contributed by atoms with van der Waals surface area (Å²) in [6, 6.07) is 9.23. The number of imidazole rings is 1. The van der Waals surface area contributed by atoms with Crippen molar-refractivity contribution < 1.29 is 13.2 Å². The van der Waals surface area contributed by atoms with Crippen LogP contribution in [0.3, 0.4) is 0 Å². The average Bonchev–Trinajstić information content (AvgIpc) is 3.37. The first-order valence-corrected chi connectivity index (χ1v) is 12.8. The maximum atomic E-state index is 13.0. The Morgan fingerprint density at radius 2 is 2.10 bits per heavy atom. The summed E-state index contributed by atoms with van der Waals surface area (Å²) in [5.74, 6) is 0.592. The van der Waals surface area contributed by atoms with Crippen LogP contribution in [0.2, 0.25) is 5.02 Å². The molecule has 1 aromatic carbocycles. The van der Waals surface area contributed by atoms with Crippen molar-refractivity contribution in [3.05, 3.63) is 64.7 Å². The highest BCUT2D eigenvalue weighted by Crippen LogP contribution is 2.30. The lowest BCUT2D eigenvalue weighted by Crippen LogP contribution is -2.14. The molecule has 3 heterocycles. The van der Waals surface area contributed by atoms with E-state index in [1.54, 1.807) is 6.20 Å². The second-order valence-electron chi connectivity index (χ2n) is 7.48. The average molecular weight is 464 g/mol. The minimum absolute atomic E-state index is 0.000785. The molecule has 1 atom stereocenters. The van der Waals surface area contributed by atoms with E-state index in [0.717, 1.165) is 17.1 Å². The fraction of sp³-hybridized carbons (Fsp3) is 0.333. The van der Waals surface area contributed by atoms with Gasteiger partial charge in [0.05, 0.1) is 17.3 Å². The molecule has 1 fully saturated rings. The highest BCUT2D eigenvalue weighted by atomic mass is 35.5. The summed E-state index contributed by atoms with van der Waals surface area (Å²) in [7, 11) is -2.99. The number of aryl methyl sites for hydroxylation is 1. The van der Waals surface area contributed by atoms with Gasteiger partial charge in [0.2, 0.25) is 0 Å². The van der Waals surface area contributed by atoms with Crippen LogP contribution in [0.4, 0.5) is 0 Å². The summed E-state index contributed by atoms with van der Waals surface area (Å²) in [5, 5.41) is 1.34. The Balaban J connectivity index is 1.51. The molecular weight excluding hydrogens is 442 g/mol. The molecule has 0 spiro atoms. The maximum Gasteiger partial charge on any atom is 0.175 e. The van der Waals surface area contributed by atoms with Crippen molar-refractivity contribution in [2.24, 2.45) is 0 Å². The molecule has 1 aliphatic heterocycles. The van der Waals surface area contributed by atoms with E-state index in [4.69, 9.17) is 11.6 Å². The Bertz CT molecular complexity index is 1210.